The molecular formula is C20H16N4O4S. The first-order valence-corrected chi connectivity index (χ1v) is 9.90. The third kappa shape index (κ3) is 5.09. The number of amides is 1. The Morgan fingerprint density at radius 1 is 1.14 bits per heavy atom. The molecular weight excluding hydrogens is 392 g/mol. The Kier molecular flexibility index (Phi) is 5.76. The molecule has 0 saturated heterocycles. The second kappa shape index (κ2) is 8.41. The molecule has 0 saturated carbocycles. The van der Waals surface area contributed by atoms with E-state index in [2.05, 4.69) is 15.2 Å². The van der Waals surface area contributed by atoms with E-state index in [9.17, 15) is 18.5 Å². The van der Waals surface area contributed by atoms with Gasteiger partial charge in [0, 0.05) is 11.8 Å². The van der Waals surface area contributed by atoms with Gasteiger partial charge < -0.3 is 9.84 Å². The van der Waals surface area contributed by atoms with Crippen LogP contribution < -0.4 is 10.0 Å². The predicted molar refractivity (Wildman–Crippen MR) is 107 cm³/mol. The summed E-state index contributed by atoms with van der Waals surface area (Å²) in [7, 11) is -3.86. The summed E-state index contributed by atoms with van der Waals surface area (Å²) in [4.78, 5) is 12.3. The number of nitrogens with one attached hydrogen (secondary N) is 2. The van der Waals surface area contributed by atoms with Crippen molar-refractivity contribution in [2.24, 2.45) is 0 Å². The molecule has 0 aliphatic rings. The molecule has 8 nitrogen and oxygen atoms in total. The normalized spacial score (nSPS) is 11.5. The van der Waals surface area contributed by atoms with Gasteiger partial charge in [-0.15, -0.1) is 0 Å². The molecule has 0 spiro atoms. The molecule has 0 atom stereocenters. The van der Waals surface area contributed by atoms with E-state index in [1.165, 1.54) is 36.4 Å². The Labute approximate surface area is 167 Å². The largest absolute Gasteiger partial charge is 0.360 e. The summed E-state index contributed by atoms with van der Waals surface area (Å²) in [6.45, 7) is 1.64. The van der Waals surface area contributed by atoms with Gasteiger partial charge in [-0.2, -0.15) is 5.26 Å². The van der Waals surface area contributed by atoms with Crippen LogP contribution >= 0.6 is 0 Å². The highest BCUT2D eigenvalue weighted by atomic mass is 32.2. The van der Waals surface area contributed by atoms with Crippen molar-refractivity contribution < 1.29 is 17.7 Å². The number of nitriles is 1. The number of aromatic nitrogens is 1. The lowest BCUT2D eigenvalue weighted by atomic mass is 10.1. The molecule has 1 heterocycles. The maximum absolute atomic E-state index is 12.4. The Bertz CT molecular complexity index is 1190. The van der Waals surface area contributed by atoms with Crippen LogP contribution in [0.3, 0.4) is 0 Å². The van der Waals surface area contributed by atoms with Gasteiger partial charge in [0.2, 0.25) is 0 Å². The summed E-state index contributed by atoms with van der Waals surface area (Å²) < 4.78 is 31.9. The molecule has 0 unspecified atom stereocenters. The highest BCUT2D eigenvalue weighted by molar-refractivity contribution is 7.92. The summed E-state index contributed by atoms with van der Waals surface area (Å²) in [6.07, 6.45) is 1.47. The lowest BCUT2D eigenvalue weighted by molar-refractivity contribution is -0.112. The molecule has 146 valence electrons. The maximum atomic E-state index is 12.4. The van der Waals surface area contributed by atoms with Crippen LogP contribution in [0, 0.1) is 18.3 Å². The van der Waals surface area contributed by atoms with Gasteiger partial charge in [-0.3, -0.25) is 9.52 Å². The minimum Gasteiger partial charge on any atom is -0.360 e. The molecule has 0 aliphatic heterocycles. The second-order valence-corrected chi connectivity index (χ2v) is 7.67. The van der Waals surface area contributed by atoms with Crippen LogP contribution in [0.4, 0.5) is 11.5 Å². The van der Waals surface area contributed by atoms with E-state index in [4.69, 9.17) is 4.52 Å². The molecule has 29 heavy (non-hydrogen) atoms. The van der Waals surface area contributed by atoms with Crippen LogP contribution in [0.1, 0.15) is 11.3 Å². The lowest BCUT2D eigenvalue weighted by Gasteiger charge is -2.07. The Morgan fingerprint density at radius 2 is 1.83 bits per heavy atom. The van der Waals surface area contributed by atoms with Gasteiger partial charge in [0.1, 0.15) is 17.4 Å². The molecule has 2 aromatic carbocycles. The zero-order valence-electron chi connectivity index (χ0n) is 15.3. The average Bonchev–Trinajstić information content (AvgIpc) is 3.11. The van der Waals surface area contributed by atoms with Crippen molar-refractivity contribution in [3.8, 4) is 6.07 Å². The number of nitrogens with zero attached hydrogens (tertiary/aromatic N) is 2. The minimum absolute atomic E-state index is 0.0171. The summed E-state index contributed by atoms with van der Waals surface area (Å²) >= 11 is 0. The third-order valence-corrected chi connectivity index (χ3v) is 5.14. The van der Waals surface area contributed by atoms with Crippen LogP contribution in [0.5, 0.6) is 0 Å². The van der Waals surface area contributed by atoms with E-state index in [1.54, 1.807) is 31.2 Å². The predicted octanol–water partition coefficient (Wildman–Crippen LogP) is 3.33. The smallest absolute Gasteiger partial charge is 0.266 e. The second-order valence-electron chi connectivity index (χ2n) is 5.99. The van der Waals surface area contributed by atoms with E-state index >= 15 is 0 Å². The maximum Gasteiger partial charge on any atom is 0.266 e. The highest BCUT2D eigenvalue weighted by Crippen LogP contribution is 2.19. The number of rotatable bonds is 6. The Morgan fingerprint density at radius 3 is 2.41 bits per heavy atom. The van der Waals surface area contributed by atoms with Gasteiger partial charge in [-0.1, -0.05) is 35.5 Å². The number of hydrogen-bond acceptors (Lipinski definition) is 6. The number of aryl methyl sites for hydroxylation is 1. The van der Waals surface area contributed by atoms with E-state index in [0.717, 1.165) is 5.56 Å². The number of carbonyl (C=O) groups is 1. The van der Waals surface area contributed by atoms with Gasteiger partial charge in [0.25, 0.3) is 15.9 Å². The fourth-order valence-electron chi connectivity index (χ4n) is 2.39. The summed E-state index contributed by atoms with van der Waals surface area (Å²) in [5, 5.41) is 15.4. The first-order chi connectivity index (χ1) is 13.9. The number of carbonyl (C=O) groups excluding carboxylic acids is 1. The Hall–Kier alpha value is -3.90. The van der Waals surface area contributed by atoms with Crippen LogP contribution in [0.25, 0.3) is 6.08 Å². The monoisotopic (exact) mass is 408 g/mol. The van der Waals surface area contributed by atoms with Crippen LogP contribution in [-0.4, -0.2) is 19.5 Å². The first kappa shape index (κ1) is 19.9. The van der Waals surface area contributed by atoms with E-state index in [0.29, 0.717) is 11.4 Å². The Balaban J connectivity index is 1.72. The van der Waals surface area contributed by atoms with Crippen molar-refractivity contribution in [3.05, 3.63) is 77.6 Å². The molecule has 0 radical (unpaired) electrons. The van der Waals surface area contributed by atoms with Gasteiger partial charge in [-0.05, 0) is 42.8 Å². The highest BCUT2D eigenvalue weighted by Gasteiger charge is 2.17. The molecule has 2 N–H and O–H groups in total. The van der Waals surface area contributed by atoms with Crippen LogP contribution in [-0.2, 0) is 14.8 Å². The van der Waals surface area contributed by atoms with Crippen molar-refractivity contribution in [3.63, 3.8) is 0 Å². The standard InChI is InChI=1S/C20H16N4O4S/c1-14-11-19(23-28-14)24-29(26,27)18-9-7-17(8-10-18)22-20(25)16(13-21)12-15-5-3-2-4-6-15/h2-12H,1H3,(H,22,25)(H,23,24). The lowest BCUT2D eigenvalue weighted by Crippen LogP contribution is -2.15. The number of hydrogen-bond donors (Lipinski definition) is 2. The third-order valence-electron chi connectivity index (χ3n) is 3.77. The number of benzene rings is 2. The van der Waals surface area contributed by atoms with E-state index in [1.807, 2.05) is 12.1 Å². The molecule has 3 aromatic rings. The van der Waals surface area contributed by atoms with Gasteiger partial charge in [-0.25, -0.2) is 8.42 Å². The molecule has 0 bridgehead atoms. The number of anilines is 2. The zero-order valence-corrected chi connectivity index (χ0v) is 16.1. The zero-order chi connectivity index (χ0) is 20.9. The molecule has 9 heteroatoms. The van der Waals surface area contributed by atoms with Gasteiger partial charge in [0.15, 0.2) is 5.82 Å². The van der Waals surface area contributed by atoms with Crippen molar-refractivity contribution in [1.29, 1.82) is 5.26 Å². The molecule has 0 aliphatic carbocycles. The minimum atomic E-state index is -3.86. The fourth-order valence-corrected chi connectivity index (χ4v) is 3.38. The van der Waals surface area contributed by atoms with Crippen molar-refractivity contribution in [2.75, 3.05) is 10.0 Å². The fraction of sp³-hybridized carbons (Fsp3) is 0.0500. The first-order valence-electron chi connectivity index (χ1n) is 8.42. The average molecular weight is 408 g/mol. The summed E-state index contributed by atoms with van der Waals surface area (Å²) in [5.74, 6) is -0.0506. The van der Waals surface area contributed by atoms with Crippen LogP contribution in [0.15, 0.2) is 75.7 Å². The molecule has 1 amide bonds. The van der Waals surface area contributed by atoms with Crippen molar-refractivity contribution >= 4 is 33.5 Å². The number of sulfonamides is 1. The molecule has 3 rings (SSSR count). The molecule has 0 fully saturated rings. The van der Waals surface area contributed by atoms with E-state index < -0.39 is 15.9 Å². The SMILES string of the molecule is Cc1cc(NS(=O)(=O)c2ccc(NC(=O)C(C#N)=Cc3ccccc3)cc2)no1. The topological polar surface area (TPSA) is 125 Å². The summed E-state index contributed by atoms with van der Waals surface area (Å²) in [5.41, 5.74) is 0.992. The summed E-state index contributed by atoms with van der Waals surface area (Å²) in [6, 6.07) is 17.8. The van der Waals surface area contributed by atoms with E-state index in [-0.39, 0.29) is 16.3 Å². The van der Waals surface area contributed by atoms with Gasteiger partial charge in [0.05, 0.1) is 4.90 Å². The van der Waals surface area contributed by atoms with Crippen molar-refractivity contribution in [1.82, 2.24) is 5.16 Å². The van der Waals surface area contributed by atoms with Gasteiger partial charge >= 0.3 is 0 Å². The molecule has 1 aromatic heterocycles. The van der Waals surface area contributed by atoms with Crippen LogP contribution in [0.2, 0.25) is 0 Å². The quantitative estimate of drug-likeness (QED) is 0.476. The van der Waals surface area contributed by atoms with Crippen molar-refractivity contribution in [2.45, 2.75) is 11.8 Å².